The van der Waals surface area contributed by atoms with Gasteiger partial charge in [0.25, 0.3) is 11.8 Å². The van der Waals surface area contributed by atoms with E-state index in [4.69, 9.17) is 4.42 Å². The van der Waals surface area contributed by atoms with E-state index in [1.54, 1.807) is 73.0 Å². The Hall–Kier alpha value is -4.13. The Bertz CT molecular complexity index is 1130. The molecule has 1 saturated carbocycles. The Labute approximate surface area is 185 Å². The maximum atomic E-state index is 12.5. The average Bonchev–Trinajstić information content (AvgIpc) is 3.46. The third-order valence-corrected chi connectivity index (χ3v) is 4.95. The van der Waals surface area contributed by atoms with E-state index in [0.29, 0.717) is 28.6 Å². The van der Waals surface area contributed by atoms with Crippen molar-refractivity contribution in [1.29, 1.82) is 0 Å². The number of para-hydroxylation sites is 1. The molecule has 2 aromatic carbocycles. The summed E-state index contributed by atoms with van der Waals surface area (Å²) in [7, 11) is 0. The molecule has 3 N–H and O–H groups in total. The number of benzene rings is 2. The largest absolute Gasteiger partial charge is 0.467 e. The highest BCUT2D eigenvalue weighted by molar-refractivity contribution is 6.07. The highest BCUT2D eigenvalue weighted by atomic mass is 16.3. The fourth-order valence-electron chi connectivity index (χ4n) is 3.05. The lowest BCUT2D eigenvalue weighted by Crippen LogP contribution is -2.25. The van der Waals surface area contributed by atoms with Crippen LogP contribution in [0, 0.1) is 0 Å². The minimum Gasteiger partial charge on any atom is -0.467 e. The maximum absolute atomic E-state index is 12.5. The molecule has 3 aromatic rings. The standard InChI is InChI=1S/C25H23N3O4/c29-23(14-9-17-7-10-18(11-8-17)24(30)27-19-12-13-19)28-22-6-2-1-5-21(22)25(31)26-16-20-4-3-15-32-20/h1-11,14-15,19H,12-13,16H2,(H,26,31)(H,27,30)(H,28,29)/b14-9+. The number of hydrogen-bond acceptors (Lipinski definition) is 4. The zero-order chi connectivity index (χ0) is 22.3. The summed E-state index contributed by atoms with van der Waals surface area (Å²) in [5, 5.41) is 8.45. The molecule has 0 atom stereocenters. The van der Waals surface area contributed by atoms with Crippen molar-refractivity contribution in [2.24, 2.45) is 0 Å². The van der Waals surface area contributed by atoms with Gasteiger partial charge >= 0.3 is 0 Å². The smallest absolute Gasteiger partial charge is 0.253 e. The van der Waals surface area contributed by atoms with Crippen molar-refractivity contribution in [2.45, 2.75) is 25.4 Å². The molecule has 3 amide bonds. The molecule has 1 aromatic heterocycles. The average molecular weight is 429 g/mol. The van der Waals surface area contributed by atoms with E-state index in [1.807, 2.05) is 0 Å². The Morgan fingerprint density at radius 2 is 1.72 bits per heavy atom. The SMILES string of the molecule is O=C(/C=C/c1ccc(C(=O)NC2CC2)cc1)Nc1ccccc1C(=O)NCc1ccco1. The lowest BCUT2D eigenvalue weighted by molar-refractivity contribution is -0.111. The maximum Gasteiger partial charge on any atom is 0.253 e. The van der Waals surface area contributed by atoms with Crippen LogP contribution in [0.1, 0.15) is 44.9 Å². The van der Waals surface area contributed by atoms with Crippen molar-refractivity contribution < 1.29 is 18.8 Å². The van der Waals surface area contributed by atoms with Gasteiger partial charge < -0.3 is 20.4 Å². The molecule has 1 aliphatic rings. The molecule has 4 rings (SSSR count). The molecule has 0 saturated heterocycles. The summed E-state index contributed by atoms with van der Waals surface area (Å²) in [6.07, 6.45) is 6.65. The lowest BCUT2D eigenvalue weighted by Gasteiger charge is -2.10. The predicted molar refractivity (Wildman–Crippen MR) is 121 cm³/mol. The van der Waals surface area contributed by atoms with Gasteiger partial charge in [0.05, 0.1) is 24.1 Å². The van der Waals surface area contributed by atoms with Crippen molar-refractivity contribution >= 4 is 29.5 Å². The highest BCUT2D eigenvalue weighted by Gasteiger charge is 2.23. The molecule has 7 nitrogen and oxygen atoms in total. The van der Waals surface area contributed by atoms with Crippen molar-refractivity contribution in [3.63, 3.8) is 0 Å². The van der Waals surface area contributed by atoms with Crippen molar-refractivity contribution in [1.82, 2.24) is 10.6 Å². The number of rotatable bonds is 8. The van der Waals surface area contributed by atoms with Crippen LogP contribution in [-0.4, -0.2) is 23.8 Å². The molecule has 0 unspecified atom stereocenters. The zero-order valence-electron chi connectivity index (χ0n) is 17.3. The zero-order valence-corrected chi connectivity index (χ0v) is 17.3. The monoisotopic (exact) mass is 429 g/mol. The Morgan fingerprint density at radius 3 is 2.44 bits per heavy atom. The molecule has 0 radical (unpaired) electrons. The molecule has 7 heteroatoms. The van der Waals surface area contributed by atoms with E-state index in [9.17, 15) is 14.4 Å². The fourth-order valence-corrected chi connectivity index (χ4v) is 3.05. The summed E-state index contributed by atoms with van der Waals surface area (Å²) in [6.45, 7) is 0.253. The van der Waals surface area contributed by atoms with Gasteiger partial charge in [-0.15, -0.1) is 0 Å². The molecule has 0 bridgehead atoms. The Balaban J connectivity index is 1.34. The normalized spacial score (nSPS) is 13.0. The van der Waals surface area contributed by atoms with Crippen LogP contribution >= 0.6 is 0 Å². The first kappa shape index (κ1) is 21.1. The van der Waals surface area contributed by atoms with Gasteiger partial charge in [-0.05, 0) is 60.9 Å². The van der Waals surface area contributed by atoms with Gasteiger partial charge in [0.2, 0.25) is 5.91 Å². The molecular weight excluding hydrogens is 406 g/mol. The number of hydrogen-bond donors (Lipinski definition) is 3. The molecular formula is C25H23N3O4. The summed E-state index contributed by atoms with van der Waals surface area (Å²) in [6, 6.07) is 17.6. The van der Waals surface area contributed by atoms with Crippen LogP contribution in [0.25, 0.3) is 6.08 Å². The van der Waals surface area contributed by atoms with Crippen LogP contribution < -0.4 is 16.0 Å². The van der Waals surface area contributed by atoms with Gasteiger partial charge in [-0.25, -0.2) is 0 Å². The molecule has 32 heavy (non-hydrogen) atoms. The van der Waals surface area contributed by atoms with Gasteiger partial charge in [0, 0.05) is 17.7 Å². The van der Waals surface area contributed by atoms with Crippen LogP contribution in [0.3, 0.4) is 0 Å². The number of anilines is 1. The topological polar surface area (TPSA) is 100 Å². The molecule has 1 fully saturated rings. The minimum absolute atomic E-state index is 0.0808. The van der Waals surface area contributed by atoms with Crippen LogP contribution in [-0.2, 0) is 11.3 Å². The van der Waals surface area contributed by atoms with E-state index in [2.05, 4.69) is 16.0 Å². The second-order valence-electron chi connectivity index (χ2n) is 7.50. The van der Waals surface area contributed by atoms with Gasteiger partial charge in [-0.2, -0.15) is 0 Å². The minimum atomic E-state index is -0.369. The second-order valence-corrected chi connectivity index (χ2v) is 7.50. The predicted octanol–water partition coefficient (Wildman–Crippen LogP) is 3.75. The molecule has 0 aliphatic heterocycles. The molecule has 1 heterocycles. The van der Waals surface area contributed by atoms with E-state index in [1.165, 1.54) is 6.08 Å². The van der Waals surface area contributed by atoms with Crippen LogP contribution in [0.5, 0.6) is 0 Å². The molecule has 1 aliphatic carbocycles. The lowest BCUT2D eigenvalue weighted by atomic mass is 10.1. The third kappa shape index (κ3) is 5.72. The Kier molecular flexibility index (Phi) is 6.46. The first-order chi connectivity index (χ1) is 15.6. The van der Waals surface area contributed by atoms with E-state index >= 15 is 0 Å². The van der Waals surface area contributed by atoms with E-state index < -0.39 is 0 Å². The first-order valence-electron chi connectivity index (χ1n) is 10.4. The summed E-state index contributed by atoms with van der Waals surface area (Å²) >= 11 is 0. The van der Waals surface area contributed by atoms with Gasteiger partial charge in [0.15, 0.2) is 0 Å². The third-order valence-electron chi connectivity index (χ3n) is 4.95. The van der Waals surface area contributed by atoms with E-state index in [-0.39, 0.29) is 24.3 Å². The van der Waals surface area contributed by atoms with Crippen LogP contribution in [0.4, 0.5) is 5.69 Å². The van der Waals surface area contributed by atoms with Crippen LogP contribution in [0.2, 0.25) is 0 Å². The van der Waals surface area contributed by atoms with Gasteiger partial charge in [0.1, 0.15) is 5.76 Å². The number of furan rings is 1. The number of nitrogens with one attached hydrogen (secondary N) is 3. The van der Waals surface area contributed by atoms with Crippen molar-refractivity contribution in [3.05, 3.63) is 95.5 Å². The number of carbonyl (C=O) groups is 3. The van der Waals surface area contributed by atoms with Gasteiger partial charge in [-0.3, -0.25) is 14.4 Å². The van der Waals surface area contributed by atoms with Gasteiger partial charge in [-0.1, -0.05) is 24.3 Å². The summed E-state index contributed by atoms with van der Waals surface area (Å²) in [5.74, 6) is -0.130. The van der Waals surface area contributed by atoms with Crippen molar-refractivity contribution in [2.75, 3.05) is 5.32 Å². The van der Waals surface area contributed by atoms with E-state index in [0.717, 1.165) is 18.4 Å². The molecule has 162 valence electrons. The summed E-state index contributed by atoms with van der Waals surface area (Å²) in [5.41, 5.74) is 2.14. The first-order valence-corrected chi connectivity index (χ1v) is 10.4. The molecule has 0 spiro atoms. The number of amides is 3. The quantitative estimate of drug-likeness (QED) is 0.475. The summed E-state index contributed by atoms with van der Waals surface area (Å²) in [4.78, 5) is 37.0. The fraction of sp³-hybridized carbons (Fsp3) is 0.160. The summed E-state index contributed by atoms with van der Waals surface area (Å²) < 4.78 is 5.21. The van der Waals surface area contributed by atoms with Crippen LogP contribution in [0.15, 0.2) is 77.4 Å². The second kappa shape index (κ2) is 9.78. The van der Waals surface area contributed by atoms with Crippen molar-refractivity contribution in [3.8, 4) is 0 Å². The number of carbonyl (C=O) groups excluding carboxylic acids is 3. The Morgan fingerprint density at radius 1 is 0.938 bits per heavy atom. The highest BCUT2D eigenvalue weighted by Crippen LogP contribution is 2.19.